The number of amides is 1. The maximum Gasteiger partial charge on any atom is 0.417 e. The molecule has 0 unspecified atom stereocenters. The summed E-state index contributed by atoms with van der Waals surface area (Å²) in [5.41, 5.74) is -1.56. The van der Waals surface area contributed by atoms with Gasteiger partial charge in [-0.1, -0.05) is 40.8 Å². The van der Waals surface area contributed by atoms with E-state index < -0.39 is 39.2 Å². The fourth-order valence-electron chi connectivity index (χ4n) is 2.02. The summed E-state index contributed by atoms with van der Waals surface area (Å²) in [5.74, 6) is -0.210. The largest absolute Gasteiger partial charge is 0.417 e. The maximum atomic E-state index is 13.1. The molecule has 1 aromatic carbocycles. The minimum absolute atomic E-state index is 0.127. The van der Waals surface area contributed by atoms with E-state index in [1.165, 1.54) is 11.8 Å². The zero-order chi connectivity index (χ0) is 21.8. The van der Waals surface area contributed by atoms with Gasteiger partial charge in [-0.15, -0.1) is 16.8 Å². The molecule has 1 N–H and O–H groups in total. The fraction of sp³-hybridized carbons (Fsp3) is 0.267. The number of carbonyl (C=O) groups excluding carboxylic acids is 1. The Morgan fingerprint density at radius 2 is 2.10 bits per heavy atom. The highest BCUT2D eigenvalue weighted by Crippen LogP contribution is 2.37. The Kier molecular flexibility index (Phi) is 7.54. The summed E-state index contributed by atoms with van der Waals surface area (Å²) in [4.78, 5) is 12.3. The van der Waals surface area contributed by atoms with Crippen molar-refractivity contribution in [2.75, 3.05) is 28.2 Å². The Labute approximate surface area is 178 Å². The van der Waals surface area contributed by atoms with Gasteiger partial charge in [-0.05, 0) is 18.2 Å². The van der Waals surface area contributed by atoms with Crippen LogP contribution >= 0.6 is 34.7 Å². The van der Waals surface area contributed by atoms with Gasteiger partial charge in [0.15, 0.2) is 4.34 Å². The van der Waals surface area contributed by atoms with Gasteiger partial charge >= 0.3 is 6.18 Å². The van der Waals surface area contributed by atoms with Gasteiger partial charge in [-0.2, -0.15) is 13.2 Å². The van der Waals surface area contributed by atoms with E-state index in [4.69, 9.17) is 11.6 Å². The zero-order valence-electron chi connectivity index (χ0n) is 14.7. The zero-order valence-corrected chi connectivity index (χ0v) is 17.9. The molecule has 1 amide bonds. The molecule has 0 saturated heterocycles. The molecule has 7 nitrogen and oxygen atoms in total. The molecule has 0 atom stereocenters. The SMILES string of the molecule is C=CCSc1nnc(NC(=O)CN(c2ccc(Cl)c(C(F)(F)F)c2)S(C)(=O)=O)s1. The number of aromatic nitrogens is 2. The van der Waals surface area contributed by atoms with Crippen LogP contribution in [-0.4, -0.2) is 43.1 Å². The Morgan fingerprint density at radius 3 is 2.69 bits per heavy atom. The predicted octanol–water partition coefficient (Wildman–Crippen LogP) is 3.89. The van der Waals surface area contributed by atoms with E-state index in [-0.39, 0.29) is 10.8 Å². The predicted molar refractivity (Wildman–Crippen MR) is 108 cm³/mol. The molecule has 0 radical (unpaired) electrons. The minimum atomic E-state index is -4.79. The molecule has 1 aromatic heterocycles. The number of alkyl halides is 3. The molecule has 0 bridgehead atoms. The highest BCUT2D eigenvalue weighted by atomic mass is 35.5. The molecule has 0 aliphatic rings. The number of carbonyl (C=O) groups is 1. The number of anilines is 2. The monoisotopic (exact) mass is 486 g/mol. The van der Waals surface area contributed by atoms with Crippen molar-refractivity contribution < 1.29 is 26.4 Å². The van der Waals surface area contributed by atoms with Gasteiger partial charge < -0.3 is 0 Å². The van der Waals surface area contributed by atoms with E-state index in [1.807, 2.05) is 0 Å². The number of halogens is 4. The molecule has 0 fully saturated rings. The first-order valence-corrected chi connectivity index (χ1v) is 11.7. The van der Waals surface area contributed by atoms with E-state index in [9.17, 15) is 26.4 Å². The summed E-state index contributed by atoms with van der Waals surface area (Å²) in [6.07, 6.45) is -2.35. The van der Waals surface area contributed by atoms with Gasteiger partial charge in [0, 0.05) is 5.75 Å². The topological polar surface area (TPSA) is 92.3 Å². The van der Waals surface area contributed by atoms with E-state index >= 15 is 0 Å². The van der Waals surface area contributed by atoms with Crippen molar-refractivity contribution in [3.63, 3.8) is 0 Å². The van der Waals surface area contributed by atoms with E-state index in [1.54, 1.807) is 6.08 Å². The standard InChI is InChI=1S/C15H14ClF3N4O3S3/c1-3-6-27-14-22-21-13(28-14)20-12(24)8-23(29(2,25)26)9-4-5-11(16)10(7-9)15(17,18)19/h3-5,7H,1,6,8H2,2H3,(H,20,21,24). The highest BCUT2D eigenvalue weighted by molar-refractivity contribution is 8.01. The Hall–Kier alpha value is -1.83. The van der Waals surface area contributed by atoms with Gasteiger partial charge in [-0.25, -0.2) is 8.42 Å². The van der Waals surface area contributed by atoms with E-state index in [0.29, 0.717) is 20.5 Å². The number of hydrogen-bond donors (Lipinski definition) is 1. The molecular formula is C15H14ClF3N4O3S3. The number of nitrogens with one attached hydrogen (secondary N) is 1. The van der Waals surface area contributed by atoms with Crippen molar-refractivity contribution in [3.05, 3.63) is 41.4 Å². The molecule has 1 heterocycles. The smallest absolute Gasteiger partial charge is 0.299 e. The average molecular weight is 487 g/mol. The van der Waals surface area contributed by atoms with Crippen LogP contribution < -0.4 is 9.62 Å². The summed E-state index contributed by atoms with van der Waals surface area (Å²) in [6, 6.07) is 2.58. The lowest BCUT2D eigenvalue weighted by atomic mass is 10.2. The van der Waals surface area contributed by atoms with Gasteiger partial charge in [0.25, 0.3) is 0 Å². The van der Waals surface area contributed by atoms with Crippen LogP contribution in [0.15, 0.2) is 35.2 Å². The summed E-state index contributed by atoms with van der Waals surface area (Å²) in [6.45, 7) is 2.81. The van der Waals surface area contributed by atoms with Gasteiger partial charge in [0.1, 0.15) is 6.54 Å². The quantitative estimate of drug-likeness (QED) is 0.346. The number of hydrogen-bond acceptors (Lipinski definition) is 7. The Balaban J connectivity index is 2.23. The molecule has 14 heteroatoms. The maximum absolute atomic E-state index is 13.1. The summed E-state index contributed by atoms with van der Waals surface area (Å²) >= 11 is 7.97. The van der Waals surface area contributed by atoms with Crippen LogP contribution in [0.25, 0.3) is 0 Å². The average Bonchev–Trinajstić information content (AvgIpc) is 3.04. The van der Waals surface area contributed by atoms with Crippen LogP contribution in [0.4, 0.5) is 24.0 Å². The first kappa shape index (κ1) is 23.4. The van der Waals surface area contributed by atoms with Crippen molar-refractivity contribution in [1.82, 2.24) is 10.2 Å². The highest BCUT2D eigenvalue weighted by Gasteiger charge is 2.34. The number of benzene rings is 1. The van der Waals surface area contributed by atoms with Crippen LogP contribution in [-0.2, 0) is 21.0 Å². The van der Waals surface area contributed by atoms with Crippen molar-refractivity contribution in [2.45, 2.75) is 10.5 Å². The molecule has 0 aliphatic heterocycles. The lowest BCUT2D eigenvalue weighted by Crippen LogP contribution is -2.37. The van der Waals surface area contributed by atoms with Gasteiger partial charge in [-0.3, -0.25) is 14.4 Å². The second-order valence-electron chi connectivity index (χ2n) is 5.45. The molecule has 29 heavy (non-hydrogen) atoms. The normalized spacial score (nSPS) is 11.9. The first-order valence-electron chi connectivity index (χ1n) is 7.63. The van der Waals surface area contributed by atoms with E-state index in [2.05, 4.69) is 22.1 Å². The minimum Gasteiger partial charge on any atom is -0.299 e. The molecule has 2 aromatic rings. The van der Waals surface area contributed by atoms with Gasteiger partial charge in [0.2, 0.25) is 21.1 Å². The van der Waals surface area contributed by atoms with Crippen molar-refractivity contribution in [2.24, 2.45) is 0 Å². The second-order valence-corrected chi connectivity index (χ2v) is 10.0. The number of thioether (sulfide) groups is 1. The molecule has 158 valence electrons. The van der Waals surface area contributed by atoms with Crippen LogP contribution in [0, 0.1) is 0 Å². The van der Waals surface area contributed by atoms with Crippen LogP contribution in [0.2, 0.25) is 5.02 Å². The first-order chi connectivity index (χ1) is 13.4. The van der Waals surface area contributed by atoms with Crippen molar-refractivity contribution >= 4 is 61.4 Å². The summed E-state index contributed by atoms with van der Waals surface area (Å²) in [5, 5.41) is 9.52. The second kappa shape index (κ2) is 9.32. The molecule has 0 spiro atoms. The Bertz CT molecular complexity index is 1010. The summed E-state index contributed by atoms with van der Waals surface area (Å²) < 4.78 is 64.5. The number of sulfonamides is 1. The van der Waals surface area contributed by atoms with E-state index in [0.717, 1.165) is 29.7 Å². The number of rotatable bonds is 8. The molecule has 0 saturated carbocycles. The van der Waals surface area contributed by atoms with Crippen LogP contribution in [0.5, 0.6) is 0 Å². The summed E-state index contributed by atoms with van der Waals surface area (Å²) in [7, 11) is -4.07. The Morgan fingerprint density at radius 1 is 1.41 bits per heavy atom. The third-order valence-corrected chi connectivity index (χ3v) is 6.65. The molecule has 0 aliphatic carbocycles. The van der Waals surface area contributed by atoms with Crippen molar-refractivity contribution in [3.8, 4) is 0 Å². The molecular weight excluding hydrogens is 473 g/mol. The van der Waals surface area contributed by atoms with Crippen LogP contribution in [0.1, 0.15) is 5.56 Å². The lowest BCUT2D eigenvalue weighted by molar-refractivity contribution is -0.137. The third kappa shape index (κ3) is 6.59. The van der Waals surface area contributed by atoms with Crippen molar-refractivity contribution in [1.29, 1.82) is 0 Å². The fourth-order valence-corrected chi connectivity index (χ4v) is 4.63. The van der Waals surface area contributed by atoms with Crippen LogP contribution in [0.3, 0.4) is 0 Å². The van der Waals surface area contributed by atoms with Gasteiger partial charge in [0.05, 0.1) is 22.5 Å². The number of nitrogens with zero attached hydrogens (tertiary/aromatic N) is 3. The lowest BCUT2D eigenvalue weighted by Gasteiger charge is -2.23. The third-order valence-electron chi connectivity index (χ3n) is 3.21. The molecule has 2 rings (SSSR count).